The Kier molecular flexibility index (Phi) is 4.01. The molecular formula is C14H14F3NO2. The fourth-order valence-corrected chi connectivity index (χ4v) is 2.11. The summed E-state index contributed by atoms with van der Waals surface area (Å²) in [5, 5.41) is 0. The summed E-state index contributed by atoms with van der Waals surface area (Å²) in [6.07, 6.45) is -3.90. The molecule has 1 aromatic rings. The number of nitrogens with zero attached hydrogens (tertiary/aromatic N) is 1. The molecule has 1 amide bonds. The molecule has 2 atom stereocenters. The summed E-state index contributed by atoms with van der Waals surface area (Å²) in [5.74, 6) is 0. The summed E-state index contributed by atoms with van der Waals surface area (Å²) >= 11 is 0. The first-order valence-corrected chi connectivity index (χ1v) is 6.11. The lowest BCUT2D eigenvalue weighted by Gasteiger charge is -2.08. The monoisotopic (exact) mass is 285 g/mol. The maximum atomic E-state index is 12.7. The lowest BCUT2D eigenvalue weighted by Crippen LogP contribution is -2.25. The van der Waals surface area contributed by atoms with Crippen molar-refractivity contribution in [2.75, 3.05) is 0 Å². The Bertz CT molecular complexity index is 487. The Morgan fingerprint density at radius 1 is 1.35 bits per heavy atom. The van der Waals surface area contributed by atoms with Gasteiger partial charge in [-0.25, -0.2) is 4.79 Å². The van der Waals surface area contributed by atoms with Crippen LogP contribution in [0.1, 0.15) is 12.0 Å². The van der Waals surface area contributed by atoms with Crippen LogP contribution < -0.4 is 0 Å². The quantitative estimate of drug-likeness (QED) is 0.625. The van der Waals surface area contributed by atoms with Gasteiger partial charge in [-0.1, -0.05) is 36.4 Å². The molecule has 108 valence electrons. The highest BCUT2D eigenvalue weighted by Crippen LogP contribution is 2.43. The average molecular weight is 285 g/mol. The molecule has 6 heteroatoms. The van der Waals surface area contributed by atoms with Crippen molar-refractivity contribution in [1.29, 1.82) is 0 Å². The van der Waals surface area contributed by atoms with Crippen LogP contribution in [0.25, 0.3) is 0 Å². The van der Waals surface area contributed by atoms with Crippen molar-refractivity contribution in [2.24, 2.45) is 0 Å². The van der Waals surface area contributed by atoms with Crippen molar-refractivity contribution in [3.63, 3.8) is 0 Å². The van der Waals surface area contributed by atoms with Gasteiger partial charge in [0.05, 0.1) is 6.04 Å². The molecule has 3 nitrogen and oxygen atoms in total. The smallest absolute Gasteiger partial charge is 0.411 e. The Morgan fingerprint density at radius 2 is 2.00 bits per heavy atom. The molecular weight excluding hydrogens is 271 g/mol. The number of hydrogen-bond acceptors (Lipinski definition) is 2. The zero-order valence-corrected chi connectivity index (χ0v) is 10.6. The van der Waals surface area contributed by atoms with Crippen molar-refractivity contribution in [3.05, 3.63) is 48.6 Å². The second kappa shape index (κ2) is 5.56. The summed E-state index contributed by atoms with van der Waals surface area (Å²) in [4.78, 5) is 12.4. The topological polar surface area (TPSA) is 29.3 Å². The fraction of sp³-hybridized carbons (Fsp3) is 0.357. The van der Waals surface area contributed by atoms with Gasteiger partial charge in [-0.3, -0.25) is 4.90 Å². The van der Waals surface area contributed by atoms with Crippen LogP contribution in [0.2, 0.25) is 0 Å². The third kappa shape index (κ3) is 3.12. The maximum absolute atomic E-state index is 12.7. The molecule has 0 unspecified atom stereocenters. The molecule has 0 aliphatic carbocycles. The molecule has 20 heavy (non-hydrogen) atoms. The van der Waals surface area contributed by atoms with Crippen LogP contribution in [0, 0.1) is 0 Å². The number of alkyl halides is 3. The second-order valence-corrected chi connectivity index (χ2v) is 4.53. The van der Waals surface area contributed by atoms with Gasteiger partial charge in [-0.2, -0.15) is 13.2 Å². The summed E-state index contributed by atoms with van der Waals surface area (Å²) in [6, 6.07) is 6.14. The van der Waals surface area contributed by atoms with Crippen molar-refractivity contribution in [2.45, 2.75) is 31.3 Å². The highest BCUT2D eigenvalue weighted by molar-refractivity contribution is 5.72. The minimum Gasteiger partial charge on any atom is -0.445 e. The van der Waals surface area contributed by atoms with E-state index in [2.05, 4.69) is 6.58 Å². The first-order valence-electron chi connectivity index (χ1n) is 6.11. The van der Waals surface area contributed by atoms with Gasteiger partial charge < -0.3 is 4.74 Å². The molecule has 1 aliphatic heterocycles. The number of carbonyl (C=O) groups is 1. The predicted octanol–water partition coefficient (Wildman–Crippen LogP) is 3.51. The van der Waals surface area contributed by atoms with Crippen LogP contribution in [0.5, 0.6) is 0 Å². The van der Waals surface area contributed by atoms with Gasteiger partial charge in [0.1, 0.15) is 6.61 Å². The largest absolute Gasteiger partial charge is 0.445 e. The predicted molar refractivity (Wildman–Crippen MR) is 66.9 cm³/mol. The first kappa shape index (κ1) is 14.4. The summed E-state index contributed by atoms with van der Waals surface area (Å²) in [7, 11) is 0. The minimum atomic E-state index is -4.43. The van der Waals surface area contributed by atoms with Gasteiger partial charge in [0.2, 0.25) is 0 Å². The van der Waals surface area contributed by atoms with E-state index in [1.165, 1.54) is 6.08 Å². The van der Waals surface area contributed by atoms with Gasteiger partial charge >= 0.3 is 12.3 Å². The minimum absolute atomic E-state index is 0.0401. The van der Waals surface area contributed by atoms with Gasteiger partial charge in [0.15, 0.2) is 6.04 Å². The van der Waals surface area contributed by atoms with Crippen molar-refractivity contribution < 1.29 is 22.7 Å². The van der Waals surface area contributed by atoms with E-state index < -0.39 is 24.4 Å². The normalized spacial score (nSPS) is 21.4. The number of rotatable bonds is 4. The summed E-state index contributed by atoms with van der Waals surface area (Å²) in [5.41, 5.74) is 0.728. The van der Waals surface area contributed by atoms with E-state index in [0.29, 0.717) is 4.90 Å². The van der Waals surface area contributed by atoms with Crippen LogP contribution in [0.15, 0.2) is 43.0 Å². The van der Waals surface area contributed by atoms with E-state index in [0.717, 1.165) is 5.56 Å². The van der Waals surface area contributed by atoms with E-state index in [9.17, 15) is 18.0 Å². The average Bonchev–Trinajstić information content (AvgIpc) is 3.12. The standard InChI is InChI=1S/C14H14F3NO2/c1-2-6-11-12(14(15,16)17)18(11)13(19)20-9-10-7-4-3-5-8-10/h2-5,7-8,11-12H,1,6,9H2/t11-,12-,18?/m1/s1. The molecule has 0 saturated carbocycles. The van der Waals surface area contributed by atoms with Gasteiger partial charge in [-0.05, 0) is 12.0 Å². The molecule has 0 spiro atoms. The number of ether oxygens (including phenoxy) is 1. The summed E-state index contributed by atoms with van der Waals surface area (Å²) < 4.78 is 43.0. The molecule has 0 aromatic heterocycles. The van der Waals surface area contributed by atoms with E-state index in [1.807, 2.05) is 0 Å². The molecule has 1 saturated heterocycles. The van der Waals surface area contributed by atoms with E-state index in [4.69, 9.17) is 4.74 Å². The third-order valence-corrected chi connectivity index (χ3v) is 3.09. The second-order valence-electron chi connectivity index (χ2n) is 4.53. The molecule has 1 aromatic carbocycles. The number of carbonyl (C=O) groups excluding carboxylic acids is 1. The lowest BCUT2D eigenvalue weighted by molar-refractivity contribution is -0.136. The number of amides is 1. The first-order chi connectivity index (χ1) is 9.45. The van der Waals surface area contributed by atoms with E-state index >= 15 is 0 Å². The maximum Gasteiger partial charge on any atom is 0.411 e. The Hall–Kier alpha value is -1.98. The molecule has 0 radical (unpaired) electrons. The van der Waals surface area contributed by atoms with Crippen molar-refractivity contribution >= 4 is 6.09 Å². The zero-order valence-electron chi connectivity index (χ0n) is 10.6. The number of hydrogen-bond donors (Lipinski definition) is 0. The highest BCUT2D eigenvalue weighted by atomic mass is 19.4. The van der Waals surface area contributed by atoms with E-state index in [1.54, 1.807) is 30.3 Å². The number of benzene rings is 1. The van der Waals surface area contributed by atoms with E-state index in [-0.39, 0.29) is 13.0 Å². The zero-order chi connectivity index (χ0) is 14.8. The Balaban J connectivity index is 1.93. The van der Waals surface area contributed by atoms with Crippen LogP contribution in [0.3, 0.4) is 0 Å². The van der Waals surface area contributed by atoms with Gasteiger partial charge in [0.25, 0.3) is 0 Å². The third-order valence-electron chi connectivity index (χ3n) is 3.09. The molecule has 1 aliphatic rings. The van der Waals surface area contributed by atoms with Crippen molar-refractivity contribution in [3.8, 4) is 0 Å². The number of halogens is 3. The van der Waals surface area contributed by atoms with Crippen molar-refractivity contribution in [1.82, 2.24) is 4.90 Å². The van der Waals surface area contributed by atoms with Gasteiger partial charge in [-0.15, -0.1) is 6.58 Å². The van der Waals surface area contributed by atoms with Crippen LogP contribution in [-0.4, -0.2) is 29.3 Å². The molecule has 1 heterocycles. The lowest BCUT2D eigenvalue weighted by atomic mass is 10.2. The van der Waals surface area contributed by atoms with Gasteiger partial charge in [0, 0.05) is 0 Å². The fourth-order valence-electron chi connectivity index (χ4n) is 2.11. The molecule has 0 N–H and O–H groups in total. The summed E-state index contributed by atoms with van der Waals surface area (Å²) in [6.45, 7) is 3.36. The molecule has 0 bridgehead atoms. The molecule has 1 fully saturated rings. The van der Waals surface area contributed by atoms with Crippen LogP contribution in [-0.2, 0) is 11.3 Å². The Morgan fingerprint density at radius 3 is 2.55 bits per heavy atom. The SMILES string of the molecule is C=CC[C@@H]1[C@H](C(F)(F)F)N1C(=O)OCc1ccccc1. The van der Waals surface area contributed by atoms with Crippen LogP contribution in [0.4, 0.5) is 18.0 Å². The highest BCUT2D eigenvalue weighted by Gasteiger charge is 2.65. The molecule has 2 rings (SSSR count). The van der Waals surface area contributed by atoms with Crippen LogP contribution >= 0.6 is 0 Å². The Labute approximate surface area is 114 Å².